The SMILES string of the molecule is FC(F)(F)c1ccccc1C[NH+]1CC[NH+](Cc2cccnc2)CC1. The summed E-state index contributed by atoms with van der Waals surface area (Å²) in [5.74, 6) is 0. The van der Waals surface area contributed by atoms with Crippen molar-refractivity contribution in [2.45, 2.75) is 19.3 Å². The van der Waals surface area contributed by atoms with Gasteiger partial charge in [-0.05, 0) is 12.1 Å². The monoisotopic (exact) mass is 337 g/mol. The number of hydrogen-bond donors (Lipinski definition) is 2. The van der Waals surface area contributed by atoms with E-state index in [1.165, 1.54) is 27.5 Å². The van der Waals surface area contributed by atoms with E-state index in [0.29, 0.717) is 12.1 Å². The van der Waals surface area contributed by atoms with Crippen molar-refractivity contribution in [3.63, 3.8) is 0 Å². The topological polar surface area (TPSA) is 21.8 Å². The molecule has 3 rings (SSSR count). The van der Waals surface area contributed by atoms with Crippen LogP contribution in [0, 0.1) is 0 Å². The van der Waals surface area contributed by atoms with E-state index in [1.807, 2.05) is 12.3 Å². The van der Waals surface area contributed by atoms with Crippen molar-refractivity contribution in [2.24, 2.45) is 0 Å². The third-order valence-corrected chi connectivity index (χ3v) is 4.60. The van der Waals surface area contributed by atoms with Crippen molar-refractivity contribution in [3.8, 4) is 0 Å². The number of benzene rings is 1. The maximum atomic E-state index is 13.1. The first kappa shape index (κ1) is 16.9. The fraction of sp³-hybridized carbons (Fsp3) is 0.389. The summed E-state index contributed by atoms with van der Waals surface area (Å²) in [7, 11) is 0. The number of hydrogen-bond acceptors (Lipinski definition) is 1. The molecule has 0 aliphatic carbocycles. The van der Waals surface area contributed by atoms with Crippen LogP contribution in [0.15, 0.2) is 48.8 Å². The van der Waals surface area contributed by atoms with Gasteiger partial charge in [-0.2, -0.15) is 13.2 Å². The maximum absolute atomic E-state index is 13.1. The Bertz CT molecular complexity index is 650. The van der Waals surface area contributed by atoms with E-state index in [0.717, 1.165) is 32.7 Å². The molecule has 128 valence electrons. The van der Waals surface area contributed by atoms with Gasteiger partial charge in [0, 0.05) is 23.5 Å². The second-order valence-electron chi connectivity index (χ2n) is 6.37. The highest BCUT2D eigenvalue weighted by Gasteiger charge is 2.34. The van der Waals surface area contributed by atoms with Gasteiger partial charge in [0.2, 0.25) is 0 Å². The van der Waals surface area contributed by atoms with Gasteiger partial charge < -0.3 is 9.80 Å². The maximum Gasteiger partial charge on any atom is 0.416 e. The van der Waals surface area contributed by atoms with E-state index in [-0.39, 0.29) is 0 Å². The van der Waals surface area contributed by atoms with Crippen LogP contribution in [0.5, 0.6) is 0 Å². The number of nitrogens with one attached hydrogen (secondary N) is 2. The summed E-state index contributed by atoms with van der Waals surface area (Å²) in [5.41, 5.74) is 1.11. The molecule has 24 heavy (non-hydrogen) atoms. The summed E-state index contributed by atoms with van der Waals surface area (Å²) >= 11 is 0. The third-order valence-electron chi connectivity index (χ3n) is 4.60. The van der Waals surface area contributed by atoms with Gasteiger partial charge in [-0.25, -0.2) is 0 Å². The van der Waals surface area contributed by atoms with E-state index < -0.39 is 11.7 Å². The van der Waals surface area contributed by atoms with E-state index in [9.17, 15) is 13.2 Å². The fourth-order valence-corrected chi connectivity index (χ4v) is 3.32. The second-order valence-corrected chi connectivity index (χ2v) is 6.37. The van der Waals surface area contributed by atoms with Gasteiger partial charge in [0.05, 0.1) is 5.56 Å². The first-order chi connectivity index (χ1) is 11.5. The van der Waals surface area contributed by atoms with Crippen LogP contribution in [0.1, 0.15) is 16.7 Å². The number of rotatable bonds is 4. The average Bonchev–Trinajstić information content (AvgIpc) is 2.57. The summed E-state index contributed by atoms with van der Waals surface area (Å²) in [6.45, 7) is 5.09. The first-order valence-corrected chi connectivity index (χ1v) is 8.23. The number of aromatic nitrogens is 1. The molecule has 0 radical (unpaired) electrons. The van der Waals surface area contributed by atoms with Crippen LogP contribution >= 0.6 is 0 Å². The molecule has 1 fully saturated rings. The van der Waals surface area contributed by atoms with Gasteiger partial charge >= 0.3 is 6.18 Å². The smallest absolute Gasteiger partial charge is 0.322 e. The molecule has 2 aromatic rings. The molecule has 0 unspecified atom stereocenters. The lowest BCUT2D eigenvalue weighted by molar-refractivity contribution is -1.02. The quantitative estimate of drug-likeness (QED) is 0.837. The van der Waals surface area contributed by atoms with Crippen molar-refractivity contribution in [3.05, 3.63) is 65.5 Å². The van der Waals surface area contributed by atoms with Gasteiger partial charge in [0.25, 0.3) is 0 Å². The summed E-state index contributed by atoms with van der Waals surface area (Å²) in [5, 5.41) is 0. The van der Waals surface area contributed by atoms with Crippen molar-refractivity contribution in [1.82, 2.24) is 4.98 Å². The molecule has 0 spiro atoms. The lowest BCUT2D eigenvalue weighted by Gasteiger charge is -2.30. The zero-order chi connectivity index (χ0) is 17.0. The largest absolute Gasteiger partial charge is 0.416 e. The normalized spacial score (nSPS) is 21.6. The van der Waals surface area contributed by atoms with Gasteiger partial charge in [0.15, 0.2) is 0 Å². The molecule has 2 heterocycles. The molecular weight excluding hydrogens is 315 g/mol. The summed E-state index contributed by atoms with van der Waals surface area (Å²) in [6, 6.07) is 9.93. The second kappa shape index (κ2) is 7.32. The lowest BCUT2D eigenvalue weighted by atomic mass is 10.1. The number of nitrogens with zero attached hydrogens (tertiary/aromatic N) is 1. The summed E-state index contributed by atoms with van der Waals surface area (Å²) < 4.78 is 39.3. The Morgan fingerprint density at radius 2 is 1.54 bits per heavy atom. The molecular formula is C18H22F3N3+2. The van der Waals surface area contributed by atoms with Gasteiger partial charge in [-0.1, -0.05) is 24.3 Å². The van der Waals surface area contributed by atoms with Crippen LogP contribution in [0.25, 0.3) is 0 Å². The van der Waals surface area contributed by atoms with E-state index in [2.05, 4.69) is 11.1 Å². The molecule has 0 saturated carbocycles. The molecule has 2 N–H and O–H groups in total. The Morgan fingerprint density at radius 1 is 0.875 bits per heavy atom. The lowest BCUT2D eigenvalue weighted by Crippen LogP contribution is -3.27. The minimum Gasteiger partial charge on any atom is -0.322 e. The van der Waals surface area contributed by atoms with Crippen LogP contribution in [0.3, 0.4) is 0 Å². The minimum atomic E-state index is -4.27. The molecule has 0 amide bonds. The van der Waals surface area contributed by atoms with Crippen molar-refractivity contribution < 1.29 is 23.0 Å². The van der Waals surface area contributed by atoms with Gasteiger partial charge in [-0.3, -0.25) is 4.98 Å². The zero-order valence-electron chi connectivity index (χ0n) is 13.4. The molecule has 1 aromatic heterocycles. The first-order valence-electron chi connectivity index (χ1n) is 8.23. The highest BCUT2D eigenvalue weighted by atomic mass is 19.4. The predicted octanol–water partition coefficient (Wildman–Crippen LogP) is 0.584. The van der Waals surface area contributed by atoms with Crippen LogP contribution in [0.2, 0.25) is 0 Å². The molecule has 0 atom stereocenters. The van der Waals surface area contributed by atoms with Crippen LogP contribution in [-0.4, -0.2) is 31.2 Å². The Hall–Kier alpha value is -1.92. The van der Waals surface area contributed by atoms with Crippen molar-refractivity contribution >= 4 is 0 Å². The van der Waals surface area contributed by atoms with Crippen molar-refractivity contribution in [2.75, 3.05) is 26.2 Å². The standard InChI is InChI=1S/C18H20F3N3/c19-18(20,21)17-6-2-1-5-16(17)14-24-10-8-23(9-11-24)13-15-4-3-7-22-12-15/h1-7,12H,8-11,13-14H2/p+2. The fourth-order valence-electron chi connectivity index (χ4n) is 3.32. The van der Waals surface area contributed by atoms with Gasteiger partial charge in [-0.15, -0.1) is 0 Å². The van der Waals surface area contributed by atoms with E-state index in [1.54, 1.807) is 18.3 Å². The number of piperazine rings is 1. The highest BCUT2D eigenvalue weighted by Crippen LogP contribution is 2.31. The summed E-state index contributed by atoms with van der Waals surface area (Å²) in [6.07, 6.45) is -0.631. The molecule has 1 aliphatic rings. The number of quaternary nitrogens is 2. The third kappa shape index (κ3) is 4.33. The Kier molecular flexibility index (Phi) is 5.16. The molecule has 0 bridgehead atoms. The van der Waals surface area contributed by atoms with Crippen molar-refractivity contribution in [1.29, 1.82) is 0 Å². The summed E-state index contributed by atoms with van der Waals surface area (Å²) in [4.78, 5) is 6.82. The Labute approximate surface area is 139 Å². The Morgan fingerprint density at radius 3 is 2.17 bits per heavy atom. The predicted molar refractivity (Wildman–Crippen MR) is 84.5 cm³/mol. The molecule has 1 saturated heterocycles. The van der Waals surface area contributed by atoms with Crippen LogP contribution in [-0.2, 0) is 19.3 Å². The van der Waals surface area contributed by atoms with Crippen LogP contribution < -0.4 is 9.80 Å². The number of pyridine rings is 1. The Balaban J connectivity index is 1.56. The minimum absolute atomic E-state index is 0.399. The molecule has 1 aliphatic heterocycles. The van der Waals surface area contributed by atoms with Crippen LogP contribution in [0.4, 0.5) is 13.2 Å². The average molecular weight is 337 g/mol. The van der Waals surface area contributed by atoms with Gasteiger partial charge in [0.1, 0.15) is 39.3 Å². The van der Waals surface area contributed by atoms with E-state index in [4.69, 9.17) is 0 Å². The molecule has 6 heteroatoms. The van der Waals surface area contributed by atoms with E-state index >= 15 is 0 Å². The molecule has 1 aromatic carbocycles. The number of halogens is 3. The zero-order valence-corrected chi connectivity index (χ0v) is 13.4. The number of alkyl halides is 3. The highest BCUT2D eigenvalue weighted by molar-refractivity contribution is 5.28. The molecule has 3 nitrogen and oxygen atoms in total.